The number of rotatable bonds is 5. The van der Waals surface area contributed by atoms with Crippen LogP contribution in [0.25, 0.3) is 5.69 Å². The number of hydrogen-bond acceptors (Lipinski definition) is 6. The molecule has 0 aliphatic rings. The molecule has 8 nitrogen and oxygen atoms in total. The van der Waals surface area contributed by atoms with E-state index in [2.05, 4.69) is 31.3 Å². The maximum Gasteiger partial charge on any atom is 0.368 e. The number of tetrazole rings is 1. The van der Waals surface area contributed by atoms with Crippen LogP contribution in [0.4, 0.5) is 0 Å². The van der Waals surface area contributed by atoms with Crippen LogP contribution in [0.15, 0.2) is 45.8 Å². The van der Waals surface area contributed by atoms with E-state index in [-0.39, 0.29) is 12.3 Å². The molecule has 0 amide bonds. The largest absolute Gasteiger partial charge is 0.496 e. The van der Waals surface area contributed by atoms with E-state index >= 15 is 0 Å². The monoisotopic (exact) mass is 391 g/mol. The lowest BCUT2D eigenvalue weighted by molar-refractivity contribution is 0.284. The normalized spacial score (nSPS) is 10.6. The van der Waals surface area contributed by atoms with E-state index in [9.17, 15) is 4.79 Å². The van der Waals surface area contributed by atoms with Gasteiger partial charge < -0.3 is 9.47 Å². The summed E-state index contributed by atoms with van der Waals surface area (Å²) in [6.45, 7) is 0.159. The van der Waals surface area contributed by atoms with Crippen molar-refractivity contribution in [3.05, 3.63) is 57.0 Å². The number of halogens is 1. The Labute approximate surface area is 145 Å². The maximum atomic E-state index is 12.1. The molecule has 0 radical (unpaired) electrons. The summed E-state index contributed by atoms with van der Waals surface area (Å²) >= 11 is 3.30. The number of aryl methyl sites for hydroxylation is 1. The zero-order valence-corrected chi connectivity index (χ0v) is 14.6. The number of hydrogen-bond donors (Lipinski definition) is 0. The second-order valence-corrected chi connectivity index (χ2v) is 5.65. The molecule has 3 aromatic rings. The molecule has 1 aromatic carbocycles. The van der Waals surface area contributed by atoms with Crippen LogP contribution in [-0.4, -0.2) is 31.9 Å². The molecule has 0 fully saturated rings. The van der Waals surface area contributed by atoms with Crippen molar-refractivity contribution in [1.29, 1.82) is 0 Å². The molecule has 0 atom stereocenters. The molecular weight excluding hydrogens is 378 g/mol. The number of pyridine rings is 1. The summed E-state index contributed by atoms with van der Waals surface area (Å²) in [7, 11) is 3.09. The lowest BCUT2D eigenvalue weighted by Crippen LogP contribution is -2.23. The third kappa shape index (κ3) is 3.16. The summed E-state index contributed by atoms with van der Waals surface area (Å²) in [6, 6.07) is 10.7. The van der Waals surface area contributed by atoms with Gasteiger partial charge in [-0.15, -0.1) is 0 Å². The van der Waals surface area contributed by atoms with Gasteiger partial charge >= 0.3 is 5.69 Å². The summed E-state index contributed by atoms with van der Waals surface area (Å²) in [5.41, 5.74) is 0.858. The number of ether oxygens (including phenoxy) is 2. The molecule has 0 saturated heterocycles. The van der Waals surface area contributed by atoms with E-state index < -0.39 is 0 Å². The molecule has 2 heterocycles. The fraction of sp³-hybridized carbons (Fsp3) is 0.200. The van der Waals surface area contributed by atoms with E-state index in [1.54, 1.807) is 37.4 Å². The van der Waals surface area contributed by atoms with Crippen LogP contribution in [0.2, 0.25) is 0 Å². The first-order valence-corrected chi connectivity index (χ1v) is 7.80. The van der Waals surface area contributed by atoms with Gasteiger partial charge in [0.05, 0.1) is 18.4 Å². The number of benzene rings is 1. The predicted octanol–water partition coefficient (Wildman–Crippen LogP) is 1.71. The van der Waals surface area contributed by atoms with Crippen LogP contribution < -0.4 is 15.2 Å². The number of aromatic nitrogens is 5. The van der Waals surface area contributed by atoms with E-state index in [0.29, 0.717) is 27.5 Å². The van der Waals surface area contributed by atoms with Crippen molar-refractivity contribution in [2.75, 3.05) is 7.11 Å². The first-order chi connectivity index (χ1) is 11.6. The van der Waals surface area contributed by atoms with Crippen LogP contribution in [0, 0.1) is 0 Å². The summed E-state index contributed by atoms with van der Waals surface area (Å²) < 4.78 is 14.1. The average molecular weight is 392 g/mol. The Hall–Kier alpha value is -2.68. The first-order valence-electron chi connectivity index (χ1n) is 7.01. The lowest BCUT2D eigenvalue weighted by atomic mass is 10.1. The number of nitrogens with zero attached hydrogens (tertiary/aromatic N) is 5. The standard InChI is InChI=1S/C15H14BrN5O3/c1-20-15(22)21(19-18-20)11-5-3-6-12(23-2)10(11)9-24-14-8-4-7-13(16)17-14/h3-8H,9H2,1-2H3. The van der Waals surface area contributed by atoms with Gasteiger partial charge in [0.1, 0.15) is 17.0 Å². The van der Waals surface area contributed by atoms with Crippen molar-refractivity contribution in [2.45, 2.75) is 6.61 Å². The Morgan fingerprint density at radius 2 is 1.96 bits per heavy atom. The van der Waals surface area contributed by atoms with Gasteiger partial charge in [0.2, 0.25) is 5.88 Å². The zero-order valence-electron chi connectivity index (χ0n) is 13.0. The SMILES string of the molecule is COc1cccc(-n2nnn(C)c2=O)c1COc1cccc(Br)n1. The van der Waals surface area contributed by atoms with E-state index in [1.165, 1.54) is 11.7 Å². The Balaban J connectivity index is 1.99. The average Bonchev–Trinajstić information content (AvgIpc) is 2.92. The Morgan fingerprint density at radius 1 is 1.17 bits per heavy atom. The van der Waals surface area contributed by atoms with Crippen LogP contribution in [0.5, 0.6) is 11.6 Å². The highest BCUT2D eigenvalue weighted by Crippen LogP contribution is 2.26. The molecule has 0 spiro atoms. The molecule has 0 N–H and O–H groups in total. The minimum atomic E-state index is -0.356. The summed E-state index contributed by atoms with van der Waals surface area (Å²) in [5, 5.41) is 7.61. The Bertz CT molecular complexity index is 921. The molecule has 124 valence electrons. The molecule has 3 rings (SSSR count). The van der Waals surface area contributed by atoms with Crippen molar-refractivity contribution >= 4 is 15.9 Å². The smallest absolute Gasteiger partial charge is 0.368 e. The highest BCUT2D eigenvalue weighted by molar-refractivity contribution is 9.10. The lowest BCUT2D eigenvalue weighted by Gasteiger charge is -2.13. The minimum absolute atomic E-state index is 0.159. The maximum absolute atomic E-state index is 12.1. The Morgan fingerprint density at radius 3 is 2.62 bits per heavy atom. The van der Waals surface area contributed by atoms with Crippen LogP contribution in [0.1, 0.15) is 5.56 Å². The second-order valence-electron chi connectivity index (χ2n) is 4.84. The van der Waals surface area contributed by atoms with Crippen molar-refractivity contribution in [2.24, 2.45) is 7.05 Å². The van der Waals surface area contributed by atoms with Crippen molar-refractivity contribution in [3.63, 3.8) is 0 Å². The van der Waals surface area contributed by atoms with Crippen molar-refractivity contribution < 1.29 is 9.47 Å². The summed E-state index contributed by atoms with van der Waals surface area (Å²) in [5.74, 6) is 1.03. The van der Waals surface area contributed by atoms with Crippen LogP contribution in [0.3, 0.4) is 0 Å². The third-order valence-corrected chi connectivity index (χ3v) is 3.77. The minimum Gasteiger partial charge on any atom is -0.496 e. The second kappa shape index (κ2) is 6.83. The van der Waals surface area contributed by atoms with Gasteiger partial charge in [-0.25, -0.2) is 9.78 Å². The molecule has 0 aliphatic heterocycles. The number of methoxy groups -OCH3 is 1. The van der Waals surface area contributed by atoms with Gasteiger partial charge in [-0.1, -0.05) is 12.1 Å². The molecule has 0 aliphatic carbocycles. The molecule has 24 heavy (non-hydrogen) atoms. The molecule has 2 aromatic heterocycles. The predicted molar refractivity (Wildman–Crippen MR) is 89.4 cm³/mol. The van der Waals surface area contributed by atoms with Gasteiger partial charge in [-0.3, -0.25) is 0 Å². The molecule has 0 saturated carbocycles. The topological polar surface area (TPSA) is 84.1 Å². The summed E-state index contributed by atoms with van der Waals surface area (Å²) in [6.07, 6.45) is 0. The van der Waals surface area contributed by atoms with Gasteiger partial charge in [-0.05, 0) is 44.6 Å². The molecule has 0 unspecified atom stereocenters. The fourth-order valence-electron chi connectivity index (χ4n) is 2.17. The summed E-state index contributed by atoms with van der Waals surface area (Å²) in [4.78, 5) is 16.4. The fourth-order valence-corrected chi connectivity index (χ4v) is 2.50. The first kappa shape index (κ1) is 16.2. The van der Waals surface area contributed by atoms with Crippen LogP contribution in [-0.2, 0) is 13.7 Å². The quantitative estimate of drug-likeness (QED) is 0.615. The molecule has 0 bridgehead atoms. The van der Waals surface area contributed by atoms with E-state index in [1.807, 2.05) is 6.07 Å². The zero-order chi connectivity index (χ0) is 17.1. The third-order valence-electron chi connectivity index (χ3n) is 3.33. The highest BCUT2D eigenvalue weighted by atomic mass is 79.9. The van der Waals surface area contributed by atoms with Gasteiger partial charge in [0.25, 0.3) is 0 Å². The van der Waals surface area contributed by atoms with Crippen molar-refractivity contribution in [3.8, 4) is 17.3 Å². The Kier molecular flexibility index (Phi) is 4.61. The molecular formula is C15H14BrN5O3. The van der Waals surface area contributed by atoms with Crippen LogP contribution >= 0.6 is 15.9 Å². The van der Waals surface area contributed by atoms with E-state index in [4.69, 9.17) is 9.47 Å². The van der Waals surface area contributed by atoms with Crippen molar-refractivity contribution in [1.82, 2.24) is 24.8 Å². The van der Waals surface area contributed by atoms with Gasteiger partial charge in [0, 0.05) is 13.1 Å². The van der Waals surface area contributed by atoms with Gasteiger partial charge in [0.15, 0.2) is 0 Å². The molecule has 9 heteroatoms. The highest BCUT2D eigenvalue weighted by Gasteiger charge is 2.16. The van der Waals surface area contributed by atoms with Gasteiger partial charge in [-0.2, -0.15) is 9.36 Å². The van der Waals surface area contributed by atoms with E-state index in [0.717, 1.165) is 4.68 Å².